The van der Waals surface area contributed by atoms with Gasteiger partial charge in [-0.2, -0.15) is 5.10 Å². The van der Waals surface area contributed by atoms with Crippen LogP contribution in [0.25, 0.3) is 0 Å². The maximum absolute atomic E-state index is 12.8. The Balaban J connectivity index is 1.54. The summed E-state index contributed by atoms with van der Waals surface area (Å²) in [7, 11) is -1.30. The molecule has 2 fully saturated rings. The van der Waals surface area contributed by atoms with E-state index in [9.17, 15) is 13.2 Å². The summed E-state index contributed by atoms with van der Waals surface area (Å²) in [5.41, 5.74) is 1.77. The Morgan fingerprint density at radius 1 is 1.38 bits per heavy atom. The van der Waals surface area contributed by atoms with Gasteiger partial charge in [0.2, 0.25) is 15.9 Å². The van der Waals surface area contributed by atoms with Gasteiger partial charge >= 0.3 is 0 Å². The molecule has 2 saturated heterocycles. The molecule has 0 saturated carbocycles. The molecule has 0 bridgehead atoms. The van der Waals surface area contributed by atoms with E-state index in [1.165, 1.54) is 10.6 Å². The minimum atomic E-state index is -3.15. The minimum absolute atomic E-state index is 0.143. The lowest BCUT2D eigenvalue weighted by molar-refractivity contribution is -0.139. The lowest BCUT2D eigenvalue weighted by atomic mass is 9.78. The Morgan fingerprint density at radius 2 is 2.07 bits per heavy atom. The number of piperidine rings is 1. The van der Waals surface area contributed by atoms with Gasteiger partial charge in [-0.05, 0) is 45.4 Å². The summed E-state index contributed by atoms with van der Waals surface area (Å²) in [5, 5.41) is 4.45. The quantitative estimate of drug-likeness (QED) is 0.692. The second kappa shape index (κ2) is 8.73. The van der Waals surface area contributed by atoms with E-state index in [0.29, 0.717) is 45.5 Å². The van der Waals surface area contributed by atoms with Crippen LogP contribution < -0.4 is 0 Å². The predicted molar refractivity (Wildman–Crippen MR) is 111 cm³/mol. The number of carbonyl (C=O) groups excluding carboxylic acids is 1. The van der Waals surface area contributed by atoms with E-state index in [1.54, 1.807) is 4.90 Å². The zero-order chi connectivity index (χ0) is 21.2. The van der Waals surface area contributed by atoms with Gasteiger partial charge in [0.15, 0.2) is 0 Å². The van der Waals surface area contributed by atoms with Crippen molar-refractivity contribution >= 4 is 15.9 Å². The van der Waals surface area contributed by atoms with Crippen molar-refractivity contribution in [1.29, 1.82) is 0 Å². The van der Waals surface area contributed by atoms with E-state index in [2.05, 4.69) is 5.10 Å². The van der Waals surface area contributed by atoms with Crippen molar-refractivity contribution in [2.24, 2.45) is 5.92 Å². The molecule has 1 unspecified atom stereocenters. The van der Waals surface area contributed by atoms with Gasteiger partial charge in [-0.15, -0.1) is 0 Å². The molecule has 1 amide bonds. The molecule has 2 aliphatic heterocycles. The Bertz CT molecular complexity index is 828. The highest BCUT2D eigenvalue weighted by Gasteiger charge is 2.42. The Morgan fingerprint density at radius 3 is 2.66 bits per heavy atom. The molecule has 29 heavy (non-hydrogen) atoms. The summed E-state index contributed by atoms with van der Waals surface area (Å²) in [6.07, 6.45) is 6.90. The largest absolute Gasteiger partial charge is 0.375 e. The van der Waals surface area contributed by atoms with E-state index in [4.69, 9.17) is 4.74 Å². The molecule has 0 aliphatic carbocycles. The molecule has 8 nitrogen and oxygen atoms in total. The van der Waals surface area contributed by atoms with Crippen LogP contribution in [-0.2, 0) is 32.6 Å². The topological polar surface area (TPSA) is 84.7 Å². The summed E-state index contributed by atoms with van der Waals surface area (Å²) < 4.78 is 33.1. The minimum Gasteiger partial charge on any atom is -0.375 e. The lowest BCUT2D eigenvalue weighted by Crippen LogP contribution is -2.50. The number of nitrogens with zero attached hydrogens (tertiary/aromatic N) is 4. The molecule has 0 N–H and O–H groups in total. The van der Waals surface area contributed by atoms with Gasteiger partial charge in [0.25, 0.3) is 0 Å². The first kappa shape index (κ1) is 22.2. The molecular formula is C20H34N4O4S. The molecule has 164 valence electrons. The molecule has 1 atom stereocenters. The summed E-state index contributed by atoms with van der Waals surface area (Å²) in [4.78, 5) is 14.6. The van der Waals surface area contributed by atoms with Gasteiger partial charge in [-0.25, -0.2) is 12.7 Å². The highest BCUT2D eigenvalue weighted by Crippen LogP contribution is 2.39. The Kier molecular flexibility index (Phi) is 6.70. The van der Waals surface area contributed by atoms with Crippen molar-refractivity contribution < 1.29 is 17.9 Å². The van der Waals surface area contributed by atoms with E-state index in [1.807, 2.05) is 31.8 Å². The highest BCUT2D eigenvalue weighted by atomic mass is 32.2. The molecular weight excluding hydrogens is 392 g/mol. The van der Waals surface area contributed by atoms with Crippen molar-refractivity contribution in [3.05, 3.63) is 17.5 Å². The number of hydrogen-bond donors (Lipinski definition) is 0. The average molecular weight is 427 g/mol. The van der Waals surface area contributed by atoms with E-state index < -0.39 is 10.0 Å². The van der Waals surface area contributed by atoms with Crippen LogP contribution in [0, 0.1) is 12.8 Å². The van der Waals surface area contributed by atoms with Crippen molar-refractivity contribution in [1.82, 2.24) is 19.0 Å². The molecule has 2 aliphatic rings. The number of aryl methyl sites for hydroxylation is 2. The second-order valence-electron chi connectivity index (χ2n) is 8.60. The fraction of sp³-hybridized carbons (Fsp3) is 0.800. The second-order valence-corrected chi connectivity index (χ2v) is 10.6. The lowest BCUT2D eigenvalue weighted by Gasteiger charge is -2.45. The molecule has 0 radical (unpaired) electrons. The third-order valence-corrected chi connectivity index (χ3v) is 7.67. The number of amides is 1. The van der Waals surface area contributed by atoms with Crippen LogP contribution in [0.2, 0.25) is 0 Å². The maximum atomic E-state index is 12.8. The third kappa shape index (κ3) is 5.38. The van der Waals surface area contributed by atoms with Crippen molar-refractivity contribution in [2.45, 2.75) is 64.6 Å². The Labute approximate surface area is 174 Å². The van der Waals surface area contributed by atoms with Crippen molar-refractivity contribution in [2.75, 3.05) is 33.0 Å². The van der Waals surface area contributed by atoms with Crippen LogP contribution >= 0.6 is 0 Å². The van der Waals surface area contributed by atoms with E-state index in [0.717, 1.165) is 30.6 Å². The molecule has 1 spiro atoms. The van der Waals surface area contributed by atoms with E-state index >= 15 is 0 Å². The van der Waals surface area contributed by atoms with Gasteiger partial charge in [-0.3, -0.25) is 9.48 Å². The summed E-state index contributed by atoms with van der Waals surface area (Å²) >= 11 is 0. The third-order valence-electron chi connectivity index (χ3n) is 6.37. The number of aromatic nitrogens is 2. The Hall–Kier alpha value is -1.45. The fourth-order valence-electron chi connectivity index (χ4n) is 4.50. The van der Waals surface area contributed by atoms with Gasteiger partial charge < -0.3 is 9.64 Å². The monoisotopic (exact) mass is 426 g/mol. The SMILES string of the molecule is CCn1cc(CN(C)C(=O)CC2CCOC3(CCN(S(C)(=O)=O)CC3)C2)c(C)n1. The molecule has 9 heteroatoms. The van der Waals surface area contributed by atoms with Crippen LogP contribution in [0.3, 0.4) is 0 Å². The summed E-state index contributed by atoms with van der Waals surface area (Å²) in [6.45, 7) is 7.06. The van der Waals surface area contributed by atoms with Crippen LogP contribution in [-0.4, -0.2) is 71.9 Å². The van der Waals surface area contributed by atoms with Gasteiger partial charge in [0.05, 0.1) is 17.6 Å². The van der Waals surface area contributed by atoms with E-state index in [-0.39, 0.29) is 17.4 Å². The normalized spacial score (nSPS) is 22.7. The van der Waals surface area contributed by atoms with Crippen molar-refractivity contribution in [3.8, 4) is 0 Å². The number of ether oxygens (including phenoxy) is 1. The van der Waals surface area contributed by atoms with Crippen LogP contribution in [0.1, 0.15) is 50.3 Å². The standard InChI is InChI=1S/C20H34N4O4S/c1-5-23-15-18(16(2)21-23)14-22(3)19(25)12-17-6-11-28-20(13-17)7-9-24(10-8-20)29(4,26)27/h15,17H,5-14H2,1-4H3. The van der Waals surface area contributed by atoms with Gasteiger partial charge in [0, 0.05) is 58.0 Å². The van der Waals surface area contributed by atoms with Crippen LogP contribution in [0.15, 0.2) is 6.20 Å². The average Bonchev–Trinajstić information content (AvgIpc) is 3.01. The number of rotatable bonds is 6. The predicted octanol–water partition coefficient (Wildman–Crippen LogP) is 1.78. The molecule has 1 aromatic heterocycles. The summed E-state index contributed by atoms with van der Waals surface area (Å²) in [6, 6.07) is 0. The fourth-order valence-corrected chi connectivity index (χ4v) is 5.35. The molecule has 3 rings (SSSR count). The summed E-state index contributed by atoms with van der Waals surface area (Å²) in [5.74, 6) is 0.423. The maximum Gasteiger partial charge on any atom is 0.222 e. The number of hydrogen-bond acceptors (Lipinski definition) is 5. The van der Waals surface area contributed by atoms with Crippen LogP contribution in [0.5, 0.6) is 0 Å². The number of sulfonamides is 1. The molecule has 3 heterocycles. The molecule has 0 aromatic carbocycles. The van der Waals surface area contributed by atoms with Crippen molar-refractivity contribution in [3.63, 3.8) is 0 Å². The zero-order valence-electron chi connectivity index (χ0n) is 18.1. The van der Waals surface area contributed by atoms with Gasteiger partial charge in [0.1, 0.15) is 0 Å². The highest BCUT2D eigenvalue weighted by molar-refractivity contribution is 7.88. The van der Waals surface area contributed by atoms with Crippen LogP contribution in [0.4, 0.5) is 0 Å². The molecule has 1 aromatic rings. The van der Waals surface area contributed by atoms with Gasteiger partial charge in [-0.1, -0.05) is 0 Å². The first-order valence-corrected chi connectivity index (χ1v) is 12.3. The first-order valence-electron chi connectivity index (χ1n) is 10.5. The zero-order valence-corrected chi connectivity index (χ0v) is 18.9. The smallest absolute Gasteiger partial charge is 0.222 e. The number of carbonyl (C=O) groups is 1. The first-order chi connectivity index (χ1) is 13.6.